The summed E-state index contributed by atoms with van der Waals surface area (Å²) in [6.07, 6.45) is 2.44. The number of carbonyl (C=O) groups excluding carboxylic acids is 1. The fourth-order valence-corrected chi connectivity index (χ4v) is 3.74. The van der Waals surface area contributed by atoms with Gasteiger partial charge in [-0.1, -0.05) is 6.07 Å². The van der Waals surface area contributed by atoms with E-state index in [-0.39, 0.29) is 12.1 Å². The SMILES string of the molecule is COc1ccc2cc(CCC[C@H]3COC(C)(C)N3C(=O)OC(C)(C)C)ccc2n1. The maximum absolute atomic E-state index is 12.7. The van der Waals surface area contributed by atoms with Crippen molar-refractivity contribution in [2.75, 3.05) is 13.7 Å². The molecule has 3 rings (SSSR count). The smallest absolute Gasteiger partial charge is 0.412 e. The van der Waals surface area contributed by atoms with Gasteiger partial charge in [-0.25, -0.2) is 9.78 Å². The molecule has 0 unspecified atom stereocenters. The van der Waals surface area contributed by atoms with Crippen molar-refractivity contribution in [3.63, 3.8) is 0 Å². The molecule has 6 heteroatoms. The first-order chi connectivity index (χ1) is 13.6. The fraction of sp³-hybridized carbons (Fsp3) is 0.565. The van der Waals surface area contributed by atoms with E-state index in [1.165, 1.54) is 5.56 Å². The van der Waals surface area contributed by atoms with Crippen LogP contribution in [0, 0.1) is 0 Å². The van der Waals surface area contributed by atoms with Crippen molar-refractivity contribution < 1.29 is 19.0 Å². The Bertz CT molecular complexity index is 873. The largest absolute Gasteiger partial charge is 0.481 e. The molecule has 2 aromatic rings. The van der Waals surface area contributed by atoms with E-state index in [2.05, 4.69) is 17.1 Å². The highest BCUT2D eigenvalue weighted by Gasteiger charge is 2.45. The quantitative estimate of drug-likeness (QED) is 0.711. The Morgan fingerprint density at radius 3 is 2.72 bits per heavy atom. The molecule has 29 heavy (non-hydrogen) atoms. The number of fused-ring (bicyclic) bond motifs is 1. The van der Waals surface area contributed by atoms with E-state index in [0.717, 1.165) is 30.2 Å². The summed E-state index contributed by atoms with van der Waals surface area (Å²) in [6, 6.07) is 10.2. The van der Waals surface area contributed by atoms with Crippen LogP contribution in [0.1, 0.15) is 53.0 Å². The van der Waals surface area contributed by atoms with Crippen LogP contribution in [0.2, 0.25) is 0 Å². The van der Waals surface area contributed by atoms with Gasteiger partial charge in [0.1, 0.15) is 11.3 Å². The fourth-order valence-electron chi connectivity index (χ4n) is 3.74. The summed E-state index contributed by atoms with van der Waals surface area (Å²) < 4.78 is 16.7. The summed E-state index contributed by atoms with van der Waals surface area (Å²) in [7, 11) is 1.62. The summed E-state index contributed by atoms with van der Waals surface area (Å²) in [4.78, 5) is 18.9. The van der Waals surface area contributed by atoms with Crippen LogP contribution in [0.15, 0.2) is 30.3 Å². The maximum atomic E-state index is 12.7. The lowest BCUT2D eigenvalue weighted by atomic mass is 10.0. The molecule has 1 aliphatic heterocycles. The number of pyridine rings is 1. The van der Waals surface area contributed by atoms with Gasteiger partial charge in [0, 0.05) is 11.5 Å². The minimum atomic E-state index is -0.652. The molecule has 1 aromatic heterocycles. The van der Waals surface area contributed by atoms with Crippen molar-refractivity contribution in [3.8, 4) is 5.88 Å². The van der Waals surface area contributed by atoms with E-state index >= 15 is 0 Å². The predicted octanol–water partition coefficient (Wildman–Crippen LogP) is 4.94. The van der Waals surface area contributed by atoms with Gasteiger partial charge >= 0.3 is 6.09 Å². The summed E-state index contributed by atoms with van der Waals surface area (Å²) >= 11 is 0. The maximum Gasteiger partial charge on any atom is 0.412 e. The van der Waals surface area contributed by atoms with Crippen LogP contribution in [-0.2, 0) is 15.9 Å². The first kappa shape index (κ1) is 21.4. The number of methoxy groups -OCH3 is 1. The number of aryl methyl sites for hydroxylation is 1. The second-order valence-corrected chi connectivity index (χ2v) is 9.03. The van der Waals surface area contributed by atoms with Crippen molar-refractivity contribution >= 4 is 17.0 Å². The molecule has 1 aromatic carbocycles. The number of hydrogen-bond acceptors (Lipinski definition) is 5. The standard InChI is InChI=1S/C23H32N2O4/c1-22(2,3)29-21(26)25-18(15-28-23(25,4)5)9-7-8-16-10-12-19-17(14-16)11-13-20(24-19)27-6/h10-14,18H,7-9,15H2,1-6H3/t18-/m0/s1. The highest BCUT2D eigenvalue weighted by atomic mass is 16.6. The summed E-state index contributed by atoms with van der Waals surface area (Å²) in [5.74, 6) is 0.622. The molecule has 1 amide bonds. The van der Waals surface area contributed by atoms with Gasteiger partial charge in [0.05, 0.1) is 25.3 Å². The highest BCUT2D eigenvalue weighted by molar-refractivity contribution is 5.79. The molecule has 0 spiro atoms. The van der Waals surface area contributed by atoms with Crippen LogP contribution < -0.4 is 4.74 Å². The molecule has 158 valence electrons. The van der Waals surface area contributed by atoms with Gasteiger partial charge < -0.3 is 14.2 Å². The molecule has 1 saturated heterocycles. The normalized spacial score (nSPS) is 18.8. The Balaban J connectivity index is 1.62. The zero-order chi connectivity index (χ0) is 21.2. The first-order valence-electron chi connectivity index (χ1n) is 10.2. The molecular weight excluding hydrogens is 368 g/mol. The van der Waals surface area contributed by atoms with E-state index in [1.54, 1.807) is 12.0 Å². The number of hydrogen-bond donors (Lipinski definition) is 0. The lowest BCUT2D eigenvalue weighted by Gasteiger charge is -2.35. The number of carbonyl (C=O) groups is 1. The molecule has 0 N–H and O–H groups in total. The van der Waals surface area contributed by atoms with Crippen LogP contribution in [0.4, 0.5) is 4.79 Å². The molecule has 6 nitrogen and oxygen atoms in total. The number of aromatic nitrogens is 1. The number of rotatable bonds is 5. The van der Waals surface area contributed by atoms with Crippen LogP contribution in [0.5, 0.6) is 5.88 Å². The van der Waals surface area contributed by atoms with Gasteiger partial charge in [-0.05, 0) is 77.6 Å². The summed E-state index contributed by atoms with van der Waals surface area (Å²) in [5, 5.41) is 1.10. The van der Waals surface area contributed by atoms with Crippen molar-refractivity contribution in [2.45, 2.75) is 71.2 Å². The van der Waals surface area contributed by atoms with Crippen molar-refractivity contribution in [1.29, 1.82) is 0 Å². The first-order valence-corrected chi connectivity index (χ1v) is 10.2. The molecule has 0 saturated carbocycles. The summed E-state index contributed by atoms with van der Waals surface area (Å²) in [6.45, 7) is 10.0. The molecular formula is C23H32N2O4. The molecule has 1 aliphatic rings. The lowest BCUT2D eigenvalue weighted by molar-refractivity contribution is -0.0627. The second-order valence-electron chi connectivity index (χ2n) is 9.03. The number of amides is 1. The molecule has 0 radical (unpaired) electrons. The van der Waals surface area contributed by atoms with Gasteiger partial charge in [-0.2, -0.15) is 0 Å². The Kier molecular flexibility index (Phi) is 6.03. The Morgan fingerprint density at radius 1 is 1.28 bits per heavy atom. The van der Waals surface area contributed by atoms with Gasteiger partial charge in [0.15, 0.2) is 0 Å². The van der Waals surface area contributed by atoms with E-state index in [1.807, 2.05) is 52.8 Å². The van der Waals surface area contributed by atoms with Crippen molar-refractivity contribution in [1.82, 2.24) is 9.88 Å². The number of nitrogens with zero attached hydrogens (tertiary/aromatic N) is 2. The summed E-state index contributed by atoms with van der Waals surface area (Å²) in [5.41, 5.74) is 1.00. The number of benzene rings is 1. The van der Waals surface area contributed by atoms with E-state index in [4.69, 9.17) is 14.2 Å². The van der Waals surface area contributed by atoms with E-state index in [0.29, 0.717) is 12.5 Å². The molecule has 1 fully saturated rings. The van der Waals surface area contributed by atoms with Crippen LogP contribution in [-0.4, -0.2) is 47.1 Å². The minimum absolute atomic E-state index is 0.0197. The Hall–Kier alpha value is -2.34. The molecule has 1 atom stereocenters. The van der Waals surface area contributed by atoms with Gasteiger partial charge in [0.25, 0.3) is 0 Å². The highest BCUT2D eigenvalue weighted by Crippen LogP contribution is 2.31. The monoisotopic (exact) mass is 400 g/mol. The molecule has 0 aliphatic carbocycles. The van der Waals surface area contributed by atoms with Crippen LogP contribution >= 0.6 is 0 Å². The average molecular weight is 401 g/mol. The van der Waals surface area contributed by atoms with Crippen LogP contribution in [0.25, 0.3) is 10.9 Å². The van der Waals surface area contributed by atoms with Gasteiger partial charge in [0.2, 0.25) is 5.88 Å². The zero-order valence-electron chi connectivity index (χ0n) is 18.3. The van der Waals surface area contributed by atoms with Crippen LogP contribution in [0.3, 0.4) is 0 Å². The Labute approximate surface area is 173 Å². The van der Waals surface area contributed by atoms with Crippen molar-refractivity contribution in [2.24, 2.45) is 0 Å². The minimum Gasteiger partial charge on any atom is -0.481 e. The average Bonchev–Trinajstić information content (AvgIpc) is 2.94. The number of ether oxygens (including phenoxy) is 3. The van der Waals surface area contributed by atoms with Crippen molar-refractivity contribution in [3.05, 3.63) is 35.9 Å². The third kappa shape index (κ3) is 5.18. The lowest BCUT2D eigenvalue weighted by Crippen LogP contribution is -2.49. The third-order valence-electron chi connectivity index (χ3n) is 5.10. The third-order valence-corrected chi connectivity index (χ3v) is 5.10. The topological polar surface area (TPSA) is 60.9 Å². The van der Waals surface area contributed by atoms with E-state index < -0.39 is 11.3 Å². The molecule has 0 bridgehead atoms. The zero-order valence-corrected chi connectivity index (χ0v) is 18.3. The van der Waals surface area contributed by atoms with E-state index in [9.17, 15) is 4.79 Å². The second kappa shape index (κ2) is 8.19. The Morgan fingerprint density at radius 2 is 2.03 bits per heavy atom. The van der Waals surface area contributed by atoms with Gasteiger partial charge in [-0.15, -0.1) is 0 Å². The van der Waals surface area contributed by atoms with Gasteiger partial charge in [-0.3, -0.25) is 4.90 Å². The molecule has 2 heterocycles. The predicted molar refractivity (Wildman–Crippen MR) is 113 cm³/mol.